The molecule has 0 aliphatic rings. The average molecular weight is 399 g/mol. The van der Waals surface area contributed by atoms with E-state index in [1.54, 1.807) is 37.4 Å². The first-order valence-electron chi connectivity index (χ1n) is 7.49. The molecule has 3 aromatic rings. The van der Waals surface area contributed by atoms with Crippen molar-refractivity contribution in [2.45, 2.75) is 0 Å². The summed E-state index contributed by atoms with van der Waals surface area (Å²) in [6, 6.07) is 18.2. The van der Waals surface area contributed by atoms with Crippen LogP contribution in [-0.2, 0) is 0 Å². The van der Waals surface area contributed by atoms with Gasteiger partial charge in [-0.3, -0.25) is 4.79 Å². The number of ether oxygens (including phenoxy) is 1. The highest BCUT2D eigenvalue weighted by atomic mass is 79.9. The summed E-state index contributed by atoms with van der Waals surface area (Å²) in [7, 11) is 1.57. The van der Waals surface area contributed by atoms with Crippen molar-refractivity contribution in [2.75, 3.05) is 7.11 Å². The van der Waals surface area contributed by atoms with Crippen molar-refractivity contribution in [2.24, 2.45) is 5.10 Å². The maximum absolute atomic E-state index is 12.0. The van der Waals surface area contributed by atoms with Gasteiger partial charge in [0.1, 0.15) is 17.3 Å². The first-order chi connectivity index (χ1) is 12.2. The largest absolute Gasteiger partial charge is 0.497 e. The number of carbonyl (C=O) groups excluding carboxylic acids is 1. The van der Waals surface area contributed by atoms with E-state index in [0.717, 1.165) is 15.8 Å². The standard InChI is InChI=1S/C19H15BrN2O3/c1-24-14-8-6-13(7-9-14)19(23)22-21-12-15-10-11-18(25-15)16-4-2-3-5-17(16)20/h2-12H,1H3,(H,22,23)/b21-12-. The van der Waals surface area contributed by atoms with Crippen LogP contribution in [0.15, 0.2) is 74.7 Å². The summed E-state index contributed by atoms with van der Waals surface area (Å²) < 4.78 is 11.7. The van der Waals surface area contributed by atoms with E-state index in [2.05, 4.69) is 26.5 Å². The Hall–Kier alpha value is -2.86. The zero-order valence-electron chi connectivity index (χ0n) is 13.4. The number of halogens is 1. The highest BCUT2D eigenvalue weighted by Gasteiger charge is 2.07. The SMILES string of the molecule is COc1ccc(C(=O)N/N=C\c2ccc(-c3ccccc3Br)o2)cc1. The molecule has 1 heterocycles. The van der Waals surface area contributed by atoms with Crippen LogP contribution in [0.5, 0.6) is 5.75 Å². The van der Waals surface area contributed by atoms with Crippen LogP contribution >= 0.6 is 15.9 Å². The quantitative estimate of drug-likeness (QED) is 0.508. The van der Waals surface area contributed by atoms with E-state index >= 15 is 0 Å². The molecule has 1 aromatic heterocycles. The third kappa shape index (κ3) is 4.16. The van der Waals surface area contributed by atoms with Gasteiger partial charge >= 0.3 is 0 Å². The lowest BCUT2D eigenvalue weighted by Gasteiger charge is -2.01. The highest BCUT2D eigenvalue weighted by molar-refractivity contribution is 9.10. The lowest BCUT2D eigenvalue weighted by molar-refractivity contribution is 0.0955. The lowest BCUT2D eigenvalue weighted by Crippen LogP contribution is -2.17. The zero-order chi connectivity index (χ0) is 17.6. The predicted molar refractivity (Wildman–Crippen MR) is 99.9 cm³/mol. The summed E-state index contributed by atoms with van der Waals surface area (Å²) >= 11 is 3.49. The third-order valence-corrected chi connectivity index (χ3v) is 4.17. The number of hydrogen-bond acceptors (Lipinski definition) is 4. The van der Waals surface area contributed by atoms with Crippen LogP contribution in [0, 0.1) is 0 Å². The van der Waals surface area contributed by atoms with Gasteiger partial charge < -0.3 is 9.15 Å². The van der Waals surface area contributed by atoms with Gasteiger partial charge in [-0.25, -0.2) is 5.43 Å². The molecule has 2 aromatic carbocycles. The van der Waals surface area contributed by atoms with Crippen molar-refractivity contribution in [1.82, 2.24) is 5.43 Å². The van der Waals surface area contributed by atoms with Crippen LogP contribution in [-0.4, -0.2) is 19.2 Å². The van der Waals surface area contributed by atoms with Gasteiger partial charge in [-0.05, 0) is 42.5 Å². The molecule has 1 N–H and O–H groups in total. The molecule has 1 amide bonds. The molecule has 25 heavy (non-hydrogen) atoms. The normalized spacial score (nSPS) is 10.8. The second kappa shape index (κ2) is 7.81. The molecule has 0 saturated heterocycles. The Labute approximate surface area is 153 Å². The van der Waals surface area contributed by atoms with E-state index in [9.17, 15) is 4.79 Å². The van der Waals surface area contributed by atoms with E-state index in [-0.39, 0.29) is 5.91 Å². The first kappa shape index (κ1) is 17.0. The number of nitrogens with zero attached hydrogens (tertiary/aromatic N) is 1. The van der Waals surface area contributed by atoms with Crippen molar-refractivity contribution < 1.29 is 13.9 Å². The van der Waals surface area contributed by atoms with Crippen molar-refractivity contribution in [3.05, 3.63) is 76.5 Å². The van der Waals surface area contributed by atoms with E-state index < -0.39 is 0 Å². The van der Waals surface area contributed by atoms with Crippen LogP contribution < -0.4 is 10.2 Å². The number of methoxy groups -OCH3 is 1. The monoisotopic (exact) mass is 398 g/mol. The minimum Gasteiger partial charge on any atom is -0.497 e. The summed E-state index contributed by atoms with van der Waals surface area (Å²) in [6.45, 7) is 0. The Morgan fingerprint density at radius 2 is 1.88 bits per heavy atom. The fraction of sp³-hybridized carbons (Fsp3) is 0.0526. The zero-order valence-corrected chi connectivity index (χ0v) is 15.0. The molecule has 0 atom stereocenters. The maximum atomic E-state index is 12.0. The second-order valence-corrected chi connectivity index (χ2v) is 5.96. The van der Waals surface area contributed by atoms with E-state index in [0.29, 0.717) is 17.1 Å². The molecule has 0 bridgehead atoms. The van der Waals surface area contributed by atoms with Crippen LogP contribution in [0.1, 0.15) is 16.1 Å². The number of rotatable bonds is 5. The number of amides is 1. The van der Waals surface area contributed by atoms with E-state index in [4.69, 9.17) is 9.15 Å². The Morgan fingerprint density at radius 1 is 1.12 bits per heavy atom. The van der Waals surface area contributed by atoms with Crippen molar-refractivity contribution in [1.29, 1.82) is 0 Å². The van der Waals surface area contributed by atoms with Gasteiger partial charge in [-0.1, -0.05) is 34.1 Å². The number of hydrazone groups is 1. The third-order valence-electron chi connectivity index (χ3n) is 3.48. The van der Waals surface area contributed by atoms with Crippen LogP contribution in [0.3, 0.4) is 0 Å². The molecule has 0 spiro atoms. The Bertz CT molecular complexity index is 901. The minimum absolute atomic E-state index is 0.309. The maximum Gasteiger partial charge on any atom is 0.271 e. The van der Waals surface area contributed by atoms with Gasteiger partial charge in [0, 0.05) is 15.6 Å². The fourth-order valence-electron chi connectivity index (χ4n) is 2.19. The molecule has 0 aliphatic heterocycles. The van der Waals surface area contributed by atoms with Gasteiger partial charge in [0.15, 0.2) is 0 Å². The Kier molecular flexibility index (Phi) is 5.30. The van der Waals surface area contributed by atoms with Gasteiger partial charge in [0.25, 0.3) is 5.91 Å². The van der Waals surface area contributed by atoms with E-state index in [1.165, 1.54) is 6.21 Å². The molecule has 0 radical (unpaired) electrons. The Balaban J connectivity index is 1.64. The van der Waals surface area contributed by atoms with Crippen molar-refractivity contribution in [3.8, 4) is 17.1 Å². The topological polar surface area (TPSA) is 63.8 Å². The van der Waals surface area contributed by atoms with Gasteiger partial charge in [0.2, 0.25) is 0 Å². The summed E-state index contributed by atoms with van der Waals surface area (Å²) in [5.74, 6) is 1.64. The van der Waals surface area contributed by atoms with Gasteiger partial charge in [-0.15, -0.1) is 0 Å². The number of nitrogens with one attached hydrogen (secondary N) is 1. The number of benzene rings is 2. The molecule has 0 fully saturated rings. The molecule has 126 valence electrons. The summed E-state index contributed by atoms with van der Waals surface area (Å²) in [4.78, 5) is 12.0. The molecule has 6 heteroatoms. The molecule has 0 unspecified atom stereocenters. The first-order valence-corrected chi connectivity index (χ1v) is 8.29. The minimum atomic E-state index is -0.309. The molecule has 5 nitrogen and oxygen atoms in total. The van der Waals surface area contributed by atoms with E-state index in [1.807, 2.05) is 30.3 Å². The molecule has 0 aliphatic carbocycles. The number of furan rings is 1. The highest BCUT2D eigenvalue weighted by Crippen LogP contribution is 2.28. The van der Waals surface area contributed by atoms with Gasteiger partial charge in [-0.2, -0.15) is 5.10 Å². The number of hydrogen-bond donors (Lipinski definition) is 1. The van der Waals surface area contributed by atoms with Crippen LogP contribution in [0.2, 0.25) is 0 Å². The second-order valence-electron chi connectivity index (χ2n) is 5.11. The fourth-order valence-corrected chi connectivity index (χ4v) is 2.67. The van der Waals surface area contributed by atoms with Crippen LogP contribution in [0.25, 0.3) is 11.3 Å². The summed E-state index contributed by atoms with van der Waals surface area (Å²) in [5.41, 5.74) is 3.91. The summed E-state index contributed by atoms with van der Waals surface area (Å²) in [5, 5.41) is 3.93. The average Bonchev–Trinajstić information content (AvgIpc) is 3.10. The molecule has 3 rings (SSSR count). The lowest BCUT2D eigenvalue weighted by atomic mass is 10.2. The molecule has 0 saturated carbocycles. The smallest absolute Gasteiger partial charge is 0.271 e. The van der Waals surface area contributed by atoms with Crippen molar-refractivity contribution >= 4 is 28.1 Å². The number of carbonyl (C=O) groups is 1. The molecular weight excluding hydrogens is 384 g/mol. The van der Waals surface area contributed by atoms with Gasteiger partial charge in [0.05, 0.1) is 13.3 Å². The van der Waals surface area contributed by atoms with Crippen molar-refractivity contribution in [3.63, 3.8) is 0 Å². The molecular formula is C19H15BrN2O3. The van der Waals surface area contributed by atoms with Crippen LogP contribution in [0.4, 0.5) is 0 Å². The summed E-state index contributed by atoms with van der Waals surface area (Å²) in [6.07, 6.45) is 1.46. The Morgan fingerprint density at radius 3 is 2.60 bits per heavy atom. The predicted octanol–water partition coefficient (Wildman–Crippen LogP) is 4.48.